The van der Waals surface area contributed by atoms with Crippen LogP contribution in [0.5, 0.6) is 0 Å². The first-order valence-corrected chi connectivity index (χ1v) is 10.8. The summed E-state index contributed by atoms with van der Waals surface area (Å²) in [6.07, 6.45) is -0.458. The molecule has 0 aliphatic carbocycles. The zero-order valence-corrected chi connectivity index (χ0v) is 18.5. The molecule has 1 aromatic heterocycles. The van der Waals surface area contributed by atoms with Crippen molar-refractivity contribution in [1.82, 2.24) is 4.98 Å². The van der Waals surface area contributed by atoms with Crippen LogP contribution < -0.4 is 0 Å². The lowest BCUT2D eigenvalue weighted by atomic mass is 10.0. The Morgan fingerprint density at radius 3 is 2.32 bits per heavy atom. The molecule has 0 aliphatic rings. The molecule has 0 N–H and O–H groups in total. The van der Waals surface area contributed by atoms with E-state index < -0.39 is 12.1 Å². The van der Waals surface area contributed by atoms with Crippen LogP contribution in [0.15, 0.2) is 89.4 Å². The molecule has 0 bridgehead atoms. The van der Waals surface area contributed by atoms with Crippen LogP contribution in [0.2, 0.25) is 0 Å². The molecule has 3 aromatic carbocycles. The van der Waals surface area contributed by atoms with E-state index in [2.05, 4.69) is 15.9 Å². The van der Waals surface area contributed by atoms with Crippen molar-refractivity contribution in [2.45, 2.75) is 19.4 Å². The maximum absolute atomic E-state index is 13.2. The number of Topliss-reactive ketones (excluding diaryl/α,β-unsaturated/α-hetero) is 1. The van der Waals surface area contributed by atoms with Gasteiger partial charge in [0.2, 0.25) is 5.78 Å². The molecule has 4 rings (SSSR count). The Kier molecular flexibility index (Phi) is 6.23. The average molecular weight is 474 g/mol. The number of aromatic nitrogens is 1. The van der Waals surface area contributed by atoms with Gasteiger partial charge in [0.1, 0.15) is 0 Å². The standard InChI is InChI=1S/C26H20BrNO3/c1-2-24(25(29)18-8-4-3-5-9-18)31-26(30)21-16-23(17-12-14-19(27)15-13-17)28-22-11-7-6-10-20(21)22/h3-16,24H,2H2,1H3/t24-/m1/s1. The zero-order valence-electron chi connectivity index (χ0n) is 16.9. The van der Waals surface area contributed by atoms with Gasteiger partial charge in [0.05, 0.1) is 16.8 Å². The summed E-state index contributed by atoms with van der Waals surface area (Å²) < 4.78 is 6.66. The Bertz CT molecular complexity index is 1240. The van der Waals surface area contributed by atoms with E-state index in [1.54, 1.807) is 30.3 Å². The Balaban J connectivity index is 1.71. The van der Waals surface area contributed by atoms with Gasteiger partial charge in [-0.2, -0.15) is 0 Å². The van der Waals surface area contributed by atoms with Gasteiger partial charge >= 0.3 is 5.97 Å². The van der Waals surface area contributed by atoms with Crippen LogP contribution in [-0.2, 0) is 4.74 Å². The number of rotatable bonds is 6. The number of hydrogen-bond donors (Lipinski definition) is 0. The predicted molar refractivity (Wildman–Crippen MR) is 125 cm³/mol. The Morgan fingerprint density at radius 2 is 1.61 bits per heavy atom. The fourth-order valence-corrected chi connectivity index (χ4v) is 3.68. The Labute approximate surface area is 189 Å². The van der Waals surface area contributed by atoms with Gasteiger partial charge in [0.15, 0.2) is 6.10 Å². The van der Waals surface area contributed by atoms with Crippen molar-refractivity contribution in [3.05, 3.63) is 101 Å². The van der Waals surface area contributed by atoms with Gasteiger partial charge in [-0.3, -0.25) is 4.79 Å². The monoisotopic (exact) mass is 473 g/mol. The normalized spacial score (nSPS) is 11.8. The smallest absolute Gasteiger partial charge is 0.339 e. The van der Waals surface area contributed by atoms with Crippen molar-refractivity contribution in [3.63, 3.8) is 0 Å². The van der Waals surface area contributed by atoms with Crippen LogP contribution in [0.1, 0.15) is 34.1 Å². The highest BCUT2D eigenvalue weighted by atomic mass is 79.9. The minimum atomic E-state index is -0.849. The van der Waals surface area contributed by atoms with E-state index >= 15 is 0 Å². The summed E-state index contributed by atoms with van der Waals surface area (Å²) in [7, 11) is 0. The molecule has 0 amide bonds. The zero-order chi connectivity index (χ0) is 21.8. The topological polar surface area (TPSA) is 56.3 Å². The summed E-state index contributed by atoms with van der Waals surface area (Å²) in [4.78, 5) is 30.7. The number of esters is 1. The third kappa shape index (κ3) is 4.57. The molecule has 1 atom stereocenters. The van der Waals surface area contributed by atoms with Gasteiger partial charge in [-0.1, -0.05) is 83.5 Å². The predicted octanol–water partition coefficient (Wildman–Crippen LogP) is 6.48. The van der Waals surface area contributed by atoms with Crippen molar-refractivity contribution < 1.29 is 14.3 Å². The van der Waals surface area contributed by atoms with Gasteiger partial charge in [0.25, 0.3) is 0 Å². The number of ketones is 1. The lowest BCUT2D eigenvalue weighted by Crippen LogP contribution is -2.27. The van der Waals surface area contributed by atoms with Crippen LogP contribution in [0.25, 0.3) is 22.2 Å². The number of fused-ring (bicyclic) bond motifs is 1. The molecule has 0 unspecified atom stereocenters. The molecule has 0 spiro atoms. The second kappa shape index (κ2) is 9.23. The molecule has 1 heterocycles. The van der Waals surface area contributed by atoms with Gasteiger partial charge in [0, 0.05) is 21.0 Å². The lowest BCUT2D eigenvalue weighted by molar-refractivity contribution is 0.0279. The van der Waals surface area contributed by atoms with Crippen molar-refractivity contribution in [2.75, 3.05) is 0 Å². The third-order valence-electron chi connectivity index (χ3n) is 5.05. The number of ether oxygens (including phenoxy) is 1. The van der Waals surface area contributed by atoms with Crippen LogP contribution in [0, 0.1) is 0 Å². The number of carbonyl (C=O) groups is 2. The summed E-state index contributed by atoms with van der Waals surface area (Å²) in [6, 6.07) is 25.8. The van der Waals surface area contributed by atoms with Gasteiger partial charge in [-0.15, -0.1) is 0 Å². The number of para-hydroxylation sites is 1. The number of halogens is 1. The molecule has 154 valence electrons. The van der Waals surface area contributed by atoms with Crippen molar-refractivity contribution >= 4 is 38.6 Å². The summed E-state index contributed by atoms with van der Waals surface area (Å²) in [6.45, 7) is 1.83. The first-order valence-electron chi connectivity index (χ1n) is 10.0. The maximum atomic E-state index is 13.2. The molecular formula is C26H20BrNO3. The number of carbonyl (C=O) groups excluding carboxylic acids is 2. The van der Waals surface area contributed by atoms with E-state index in [0.717, 1.165) is 10.0 Å². The number of nitrogens with zero attached hydrogens (tertiary/aromatic N) is 1. The van der Waals surface area contributed by atoms with Crippen LogP contribution in [-0.4, -0.2) is 22.8 Å². The highest BCUT2D eigenvalue weighted by Crippen LogP contribution is 2.27. The fraction of sp³-hybridized carbons (Fsp3) is 0.115. The number of benzene rings is 3. The first-order chi connectivity index (χ1) is 15.1. The first kappa shape index (κ1) is 20.9. The van der Waals surface area contributed by atoms with Crippen molar-refractivity contribution in [2.24, 2.45) is 0 Å². The SMILES string of the molecule is CC[C@@H](OC(=O)c1cc(-c2ccc(Br)cc2)nc2ccccc12)C(=O)c1ccccc1. The fourth-order valence-electron chi connectivity index (χ4n) is 3.42. The lowest BCUT2D eigenvalue weighted by Gasteiger charge is -2.16. The van der Waals surface area contributed by atoms with E-state index in [1.807, 2.05) is 61.5 Å². The number of hydrogen-bond acceptors (Lipinski definition) is 4. The molecule has 5 heteroatoms. The molecule has 4 aromatic rings. The van der Waals surface area contributed by atoms with Crippen molar-refractivity contribution in [3.8, 4) is 11.3 Å². The summed E-state index contributed by atoms with van der Waals surface area (Å²) in [5, 5.41) is 0.690. The second-order valence-electron chi connectivity index (χ2n) is 7.11. The molecule has 0 saturated heterocycles. The van der Waals surface area contributed by atoms with Gasteiger partial charge in [-0.05, 0) is 30.7 Å². The molecule has 0 fully saturated rings. The van der Waals surface area contributed by atoms with E-state index in [1.165, 1.54) is 0 Å². The highest BCUT2D eigenvalue weighted by Gasteiger charge is 2.24. The van der Waals surface area contributed by atoms with Crippen LogP contribution in [0.4, 0.5) is 0 Å². The van der Waals surface area contributed by atoms with Crippen molar-refractivity contribution in [1.29, 1.82) is 0 Å². The second-order valence-corrected chi connectivity index (χ2v) is 8.03. The maximum Gasteiger partial charge on any atom is 0.339 e. The average Bonchev–Trinajstić information content (AvgIpc) is 2.82. The quantitative estimate of drug-likeness (QED) is 0.237. The Hall–Kier alpha value is -3.31. The van der Waals surface area contributed by atoms with E-state index in [0.29, 0.717) is 34.1 Å². The summed E-state index contributed by atoms with van der Waals surface area (Å²) in [5.41, 5.74) is 3.16. The molecule has 0 saturated carbocycles. The summed E-state index contributed by atoms with van der Waals surface area (Å²) in [5.74, 6) is -0.740. The van der Waals surface area contributed by atoms with Crippen LogP contribution >= 0.6 is 15.9 Å². The van der Waals surface area contributed by atoms with Gasteiger partial charge < -0.3 is 4.74 Å². The minimum absolute atomic E-state index is 0.206. The highest BCUT2D eigenvalue weighted by molar-refractivity contribution is 9.10. The summed E-state index contributed by atoms with van der Waals surface area (Å²) >= 11 is 3.44. The number of pyridine rings is 1. The van der Waals surface area contributed by atoms with E-state index in [9.17, 15) is 9.59 Å². The molecule has 31 heavy (non-hydrogen) atoms. The molecule has 4 nitrogen and oxygen atoms in total. The molecule has 0 radical (unpaired) electrons. The van der Waals surface area contributed by atoms with Gasteiger partial charge in [-0.25, -0.2) is 9.78 Å². The third-order valence-corrected chi connectivity index (χ3v) is 5.58. The van der Waals surface area contributed by atoms with E-state index in [4.69, 9.17) is 9.72 Å². The molecular weight excluding hydrogens is 454 g/mol. The van der Waals surface area contributed by atoms with Crippen LogP contribution in [0.3, 0.4) is 0 Å². The minimum Gasteiger partial charge on any atom is -0.450 e. The Morgan fingerprint density at radius 1 is 0.935 bits per heavy atom. The largest absolute Gasteiger partial charge is 0.450 e. The molecule has 0 aliphatic heterocycles. The van der Waals surface area contributed by atoms with E-state index in [-0.39, 0.29) is 5.78 Å².